The smallest absolute Gasteiger partial charge is 0.329 e. The van der Waals surface area contributed by atoms with Crippen molar-refractivity contribution >= 4 is 29.4 Å². The van der Waals surface area contributed by atoms with Gasteiger partial charge in [0.1, 0.15) is 23.3 Å². The van der Waals surface area contributed by atoms with Crippen LogP contribution >= 0.6 is 0 Å². The Hall–Kier alpha value is -3.96. The van der Waals surface area contributed by atoms with Crippen LogP contribution in [0, 0.1) is 0 Å². The van der Waals surface area contributed by atoms with Gasteiger partial charge in [0.05, 0.1) is 13.2 Å². The van der Waals surface area contributed by atoms with Gasteiger partial charge in [-0.3, -0.25) is 14.4 Å². The summed E-state index contributed by atoms with van der Waals surface area (Å²) < 4.78 is 10.7. The second-order valence-electron chi connectivity index (χ2n) is 12.5. The van der Waals surface area contributed by atoms with Crippen molar-refractivity contribution in [2.45, 2.75) is 84.6 Å². The number of hydrogen-bond donors (Lipinski definition) is 4. The molecule has 242 valence electrons. The van der Waals surface area contributed by atoms with Crippen molar-refractivity contribution in [3.8, 4) is 11.1 Å². The van der Waals surface area contributed by atoms with Crippen molar-refractivity contribution < 1.29 is 38.9 Å². The molecule has 0 bridgehead atoms. The minimum Gasteiger partial charge on any atom is -0.460 e. The molecule has 11 heteroatoms. The van der Waals surface area contributed by atoms with Gasteiger partial charge in [-0.2, -0.15) is 0 Å². The van der Waals surface area contributed by atoms with Crippen LogP contribution in [0.5, 0.6) is 0 Å². The first-order valence-electron chi connectivity index (χ1n) is 14.8. The number of carbonyl (C=O) groups excluding carboxylic acids is 4. The molecule has 2 rings (SSSR count). The summed E-state index contributed by atoms with van der Waals surface area (Å²) in [7, 11) is 0. The molecule has 2 aromatic rings. The van der Waals surface area contributed by atoms with Gasteiger partial charge in [-0.05, 0) is 90.3 Å². The number of nitrogens with one attached hydrogen (secondary N) is 2. The van der Waals surface area contributed by atoms with Crippen LogP contribution in [0.25, 0.3) is 11.1 Å². The van der Waals surface area contributed by atoms with Crippen molar-refractivity contribution in [3.63, 3.8) is 0 Å². The molecule has 0 aliphatic heterocycles. The maximum absolute atomic E-state index is 13.0. The molecule has 0 radical (unpaired) electrons. The fourth-order valence-corrected chi connectivity index (χ4v) is 4.21. The van der Waals surface area contributed by atoms with E-state index in [1.54, 1.807) is 65.8 Å². The van der Waals surface area contributed by atoms with Gasteiger partial charge in [-0.1, -0.05) is 24.3 Å². The Morgan fingerprint density at radius 3 is 1.75 bits per heavy atom. The SMILES string of the molecule is C[C@H](NC(=O)c1ccc(-c2ccc(N(CCO)CCO)cc2)cc1)C(=O)N[C@@H](CCC(=O)OC(C)(C)C)C(=O)OC(C)(C)C. The zero-order valence-electron chi connectivity index (χ0n) is 26.8. The molecule has 0 aliphatic rings. The summed E-state index contributed by atoms with van der Waals surface area (Å²) in [5.41, 5.74) is 1.52. The van der Waals surface area contributed by atoms with E-state index in [-0.39, 0.29) is 26.1 Å². The molecule has 11 nitrogen and oxygen atoms in total. The number of nitrogens with zero attached hydrogens (tertiary/aromatic N) is 1. The number of ether oxygens (including phenoxy) is 2. The molecule has 2 aromatic carbocycles. The van der Waals surface area contributed by atoms with Crippen molar-refractivity contribution in [2.24, 2.45) is 0 Å². The first-order valence-corrected chi connectivity index (χ1v) is 14.8. The summed E-state index contributed by atoms with van der Waals surface area (Å²) in [5, 5.41) is 23.8. The van der Waals surface area contributed by atoms with Gasteiger partial charge in [-0.15, -0.1) is 0 Å². The second-order valence-corrected chi connectivity index (χ2v) is 12.5. The molecule has 4 N–H and O–H groups in total. The number of aliphatic hydroxyl groups is 2. The number of aliphatic hydroxyl groups excluding tert-OH is 2. The third kappa shape index (κ3) is 12.3. The number of benzene rings is 2. The highest BCUT2D eigenvalue weighted by Gasteiger charge is 2.30. The lowest BCUT2D eigenvalue weighted by atomic mass is 10.0. The summed E-state index contributed by atoms with van der Waals surface area (Å²) in [5.74, 6) is -2.27. The number of anilines is 1. The van der Waals surface area contributed by atoms with E-state index in [9.17, 15) is 29.4 Å². The fraction of sp³-hybridized carbons (Fsp3) is 0.515. The Kier molecular flexibility index (Phi) is 13.3. The molecular formula is C33H47N3O8. The minimum absolute atomic E-state index is 0.0238. The van der Waals surface area contributed by atoms with Crippen molar-refractivity contribution in [2.75, 3.05) is 31.2 Å². The van der Waals surface area contributed by atoms with Crippen LogP contribution in [0.15, 0.2) is 48.5 Å². The number of carbonyl (C=O) groups is 4. The van der Waals surface area contributed by atoms with Crippen LogP contribution < -0.4 is 15.5 Å². The Morgan fingerprint density at radius 1 is 0.773 bits per heavy atom. The van der Waals surface area contributed by atoms with E-state index >= 15 is 0 Å². The Balaban J connectivity index is 2.04. The predicted octanol–water partition coefficient (Wildman–Crippen LogP) is 3.21. The Bertz CT molecular complexity index is 1240. The maximum atomic E-state index is 13.0. The van der Waals surface area contributed by atoms with Gasteiger partial charge in [-0.25, -0.2) is 4.79 Å². The van der Waals surface area contributed by atoms with E-state index in [2.05, 4.69) is 10.6 Å². The van der Waals surface area contributed by atoms with Crippen LogP contribution in [-0.4, -0.2) is 83.6 Å². The quantitative estimate of drug-likeness (QED) is 0.235. The maximum Gasteiger partial charge on any atom is 0.329 e. The Morgan fingerprint density at radius 2 is 1.27 bits per heavy atom. The van der Waals surface area contributed by atoms with Gasteiger partial charge >= 0.3 is 11.9 Å². The number of hydrogen-bond acceptors (Lipinski definition) is 9. The normalized spacial score (nSPS) is 12.9. The third-order valence-corrected chi connectivity index (χ3v) is 6.26. The molecule has 0 fully saturated rings. The molecule has 0 heterocycles. The van der Waals surface area contributed by atoms with Crippen molar-refractivity contribution in [3.05, 3.63) is 54.1 Å². The molecule has 0 aliphatic carbocycles. The van der Waals surface area contributed by atoms with Gasteiger partial charge in [0.15, 0.2) is 0 Å². The van der Waals surface area contributed by atoms with E-state index in [0.717, 1.165) is 16.8 Å². The second kappa shape index (κ2) is 16.2. The van der Waals surface area contributed by atoms with Gasteiger partial charge in [0, 0.05) is 30.8 Å². The summed E-state index contributed by atoms with van der Waals surface area (Å²) in [6.07, 6.45) is -0.138. The molecule has 0 saturated heterocycles. The van der Waals surface area contributed by atoms with E-state index in [0.29, 0.717) is 18.7 Å². The summed E-state index contributed by atoms with van der Waals surface area (Å²) in [4.78, 5) is 52.8. The number of rotatable bonds is 14. The summed E-state index contributed by atoms with van der Waals surface area (Å²) >= 11 is 0. The van der Waals surface area contributed by atoms with E-state index < -0.39 is 47.0 Å². The summed E-state index contributed by atoms with van der Waals surface area (Å²) in [6, 6.07) is 12.4. The lowest BCUT2D eigenvalue weighted by Crippen LogP contribution is -2.51. The van der Waals surface area contributed by atoms with Crippen molar-refractivity contribution in [1.82, 2.24) is 10.6 Å². The molecule has 0 unspecified atom stereocenters. The highest BCUT2D eigenvalue weighted by atomic mass is 16.6. The van der Waals surface area contributed by atoms with E-state index in [1.807, 2.05) is 29.2 Å². The number of esters is 2. The van der Waals surface area contributed by atoms with E-state index in [1.165, 1.54) is 6.92 Å². The lowest BCUT2D eigenvalue weighted by molar-refractivity contribution is -0.160. The Labute approximate surface area is 259 Å². The van der Waals surface area contributed by atoms with Crippen LogP contribution in [0.2, 0.25) is 0 Å². The van der Waals surface area contributed by atoms with Crippen LogP contribution in [0.1, 0.15) is 71.7 Å². The molecule has 0 aromatic heterocycles. The van der Waals surface area contributed by atoms with Crippen LogP contribution in [-0.2, 0) is 23.9 Å². The molecule has 2 atom stereocenters. The molecule has 0 saturated carbocycles. The minimum atomic E-state index is -1.11. The average Bonchev–Trinajstić information content (AvgIpc) is 2.93. The van der Waals surface area contributed by atoms with Gasteiger partial charge in [0.25, 0.3) is 5.91 Å². The summed E-state index contributed by atoms with van der Waals surface area (Å²) in [6.45, 7) is 12.6. The molecule has 2 amide bonds. The third-order valence-electron chi connectivity index (χ3n) is 6.26. The monoisotopic (exact) mass is 613 g/mol. The first kappa shape index (κ1) is 36.2. The fourth-order valence-electron chi connectivity index (χ4n) is 4.21. The standard InChI is InChI=1S/C33H47N3O8/c1-22(29(40)35-27(31(42)44-33(5,6)7)16-17-28(39)43-32(2,3)4)34-30(41)25-10-8-23(9-11-25)24-12-14-26(15-13-24)36(18-20-37)19-21-38/h8-15,22,27,37-38H,16-21H2,1-7H3,(H,34,41)(H,35,40)/t22-,27-/m0/s1. The highest BCUT2D eigenvalue weighted by Crippen LogP contribution is 2.24. The molecule has 44 heavy (non-hydrogen) atoms. The topological polar surface area (TPSA) is 154 Å². The first-order chi connectivity index (χ1) is 20.5. The van der Waals surface area contributed by atoms with E-state index in [4.69, 9.17) is 9.47 Å². The average molecular weight is 614 g/mol. The van der Waals surface area contributed by atoms with Gasteiger partial charge in [0.2, 0.25) is 5.91 Å². The zero-order valence-corrected chi connectivity index (χ0v) is 26.8. The highest BCUT2D eigenvalue weighted by molar-refractivity contribution is 5.98. The van der Waals surface area contributed by atoms with Crippen LogP contribution in [0.4, 0.5) is 5.69 Å². The molecule has 0 spiro atoms. The zero-order chi connectivity index (χ0) is 33.1. The van der Waals surface area contributed by atoms with Crippen molar-refractivity contribution in [1.29, 1.82) is 0 Å². The number of amides is 2. The lowest BCUT2D eigenvalue weighted by Gasteiger charge is -2.26. The predicted molar refractivity (Wildman–Crippen MR) is 168 cm³/mol. The van der Waals surface area contributed by atoms with Gasteiger partial charge < -0.3 is 35.2 Å². The van der Waals surface area contributed by atoms with Crippen LogP contribution in [0.3, 0.4) is 0 Å². The molecular weight excluding hydrogens is 566 g/mol. The largest absolute Gasteiger partial charge is 0.460 e.